The molecule has 1 aliphatic carbocycles. The highest BCUT2D eigenvalue weighted by Gasteiger charge is 2.29. The molecule has 1 atom stereocenters. The predicted octanol–water partition coefficient (Wildman–Crippen LogP) is 2.05. The van der Waals surface area contributed by atoms with Crippen LogP contribution in [0.15, 0.2) is 26.5 Å². The van der Waals surface area contributed by atoms with Gasteiger partial charge in [0.2, 0.25) is 5.76 Å². The van der Waals surface area contributed by atoms with Crippen molar-refractivity contribution in [3.05, 3.63) is 34.1 Å². The van der Waals surface area contributed by atoms with E-state index in [4.69, 9.17) is 9.52 Å². The molecule has 0 aliphatic heterocycles. The minimum absolute atomic E-state index is 0.0888. The number of hydrogen-bond acceptors (Lipinski definition) is 5. The Bertz CT molecular complexity index is 698. The zero-order chi connectivity index (χ0) is 14.3. The third-order valence-corrected chi connectivity index (χ3v) is 4.19. The van der Waals surface area contributed by atoms with Crippen LogP contribution in [-0.4, -0.2) is 25.8 Å². The van der Waals surface area contributed by atoms with Crippen molar-refractivity contribution in [3.63, 3.8) is 0 Å². The van der Waals surface area contributed by atoms with Gasteiger partial charge in [0, 0.05) is 6.04 Å². The molecule has 0 spiro atoms. The van der Waals surface area contributed by atoms with Gasteiger partial charge in [0.1, 0.15) is 5.76 Å². The zero-order valence-electron chi connectivity index (χ0n) is 10.7. The van der Waals surface area contributed by atoms with Crippen molar-refractivity contribution < 1.29 is 14.3 Å². The number of carboxylic acid groups (broad SMARTS) is 1. The highest BCUT2D eigenvalue weighted by molar-refractivity contribution is 7.99. The maximum absolute atomic E-state index is 11.7. The van der Waals surface area contributed by atoms with Gasteiger partial charge >= 0.3 is 11.7 Å². The van der Waals surface area contributed by atoms with Gasteiger partial charge in [-0.15, -0.1) is 5.10 Å². The lowest BCUT2D eigenvalue weighted by Crippen LogP contribution is -2.16. The highest BCUT2D eigenvalue weighted by atomic mass is 32.2. The van der Waals surface area contributed by atoms with Gasteiger partial charge in [0.15, 0.2) is 5.16 Å². The molecule has 2 N–H and O–H groups in total. The van der Waals surface area contributed by atoms with E-state index in [1.54, 1.807) is 10.6 Å². The van der Waals surface area contributed by atoms with Crippen molar-refractivity contribution in [2.24, 2.45) is 0 Å². The molecule has 2 aromatic heterocycles. The fraction of sp³-hybridized carbons (Fsp3) is 0.417. The number of carboxylic acids is 1. The van der Waals surface area contributed by atoms with E-state index in [1.165, 1.54) is 17.8 Å². The third-order valence-electron chi connectivity index (χ3n) is 3.10. The molecule has 106 valence electrons. The van der Waals surface area contributed by atoms with E-state index < -0.39 is 5.97 Å². The molecule has 1 saturated carbocycles. The smallest absolute Gasteiger partial charge is 0.371 e. The molecular formula is C12H13N3O4S. The van der Waals surface area contributed by atoms with Crippen LogP contribution in [0.3, 0.4) is 0 Å². The summed E-state index contributed by atoms with van der Waals surface area (Å²) in [5.41, 5.74) is -0.201. The number of H-pyrrole nitrogens is 1. The van der Waals surface area contributed by atoms with Gasteiger partial charge in [-0.05, 0) is 31.9 Å². The summed E-state index contributed by atoms with van der Waals surface area (Å²) in [6.45, 7) is 1.88. The third kappa shape index (κ3) is 2.38. The summed E-state index contributed by atoms with van der Waals surface area (Å²) in [7, 11) is 0. The second kappa shape index (κ2) is 4.86. The lowest BCUT2D eigenvalue weighted by atomic mass is 10.3. The summed E-state index contributed by atoms with van der Waals surface area (Å²) in [6.07, 6.45) is 1.98. The molecule has 1 aliphatic rings. The predicted molar refractivity (Wildman–Crippen MR) is 71.1 cm³/mol. The Morgan fingerprint density at radius 3 is 2.95 bits per heavy atom. The molecule has 2 heterocycles. The fourth-order valence-electron chi connectivity index (χ4n) is 1.93. The van der Waals surface area contributed by atoms with Crippen molar-refractivity contribution in [1.29, 1.82) is 0 Å². The topological polar surface area (TPSA) is 101 Å². The number of nitrogens with one attached hydrogen (secondary N) is 1. The maximum atomic E-state index is 11.7. The zero-order valence-corrected chi connectivity index (χ0v) is 11.5. The summed E-state index contributed by atoms with van der Waals surface area (Å²) in [4.78, 5) is 22.5. The van der Waals surface area contributed by atoms with E-state index in [0.717, 1.165) is 12.8 Å². The number of furan rings is 1. The maximum Gasteiger partial charge on any atom is 0.371 e. The number of carbonyl (C=O) groups is 1. The van der Waals surface area contributed by atoms with E-state index in [2.05, 4.69) is 10.2 Å². The van der Waals surface area contributed by atoms with Crippen molar-refractivity contribution in [3.8, 4) is 0 Å². The lowest BCUT2D eigenvalue weighted by molar-refractivity contribution is 0.0660. The first-order valence-corrected chi connectivity index (χ1v) is 7.11. The van der Waals surface area contributed by atoms with Gasteiger partial charge < -0.3 is 9.52 Å². The van der Waals surface area contributed by atoms with Crippen molar-refractivity contribution in [2.45, 2.75) is 36.2 Å². The van der Waals surface area contributed by atoms with Crippen LogP contribution in [0.2, 0.25) is 0 Å². The Balaban J connectivity index is 1.80. The van der Waals surface area contributed by atoms with Crippen LogP contribution in [0.1, 0.15) is 47.4 Å². The van der Waals surface area contributed by atoms with Crippen LogP contribution in [0, 0.1) is 0 Å². The standard InChI is InChI=1S/C12H13N3O4S/c1-6(8-4-5-9(19-8)10(16)17)20-12-14-13-11(18)15(12)7-2-3-7/h4-7H,2-3H2,1H3,(H,13,18)(H,16,17). The summed E-state index contributed by atoms with van der Waals surface area (Å²) >= 11 is 1.37. The molecule has 0 radical (unpaired) electrons. The molecule has 0 bridgehead atoms. The number of thioether (sulfide) groups is 1. The van der Waals surface area contributed by atoms with E-state index in [-0.39, 0.29) is 22.7 Å². The average molecular weight is 295 g/mol. The molecule has 1 unspecified atom stereocenters. The molecule has 7 nitrogen and oxygen atoms in total. The quantitative estimate of drug-likeness (QED) is 0.819. The molecule has 20 heavy (non-hydrogen) atoms. The second-order valence-electron chi connectivity index (χ2n) is 4.68. The summed E-state index contributed by atoms with van der Waals surface area (Å²) in [6, 6.07) is 3.29. The van der Waals surface area contributed by atoms with Crippen molar-refractivity contribution >= 4 is 17.7 Å². The van der Waals surface area contributed by atoms with E-state index in [9.17, 15) is 9.59 Å². The Kier molecular flexibility index (Phi) is 3.17. The van der Waals surface area contributed by atoms with Crippen LogP contribution < -0.4 is 5.69 Å². The number of nitrogens with zero attached hydrogens (tertiary/aromatic N) is 2. The average Bonchev–Trinajstić information content (AvgIpc) is 2.98. The molecule has 0 saturated heterocycles. The Hall–Kier alpha value is -1.96. The highest BCUT2D eigenvalue weighted by Crippen LogP contribution is 2.40. The Morgan fingerprint density at radius 1 is 1.60 bits per heavy atom. The summed E-state index contributed by atoms with van der Waals surface area (Å²) < 4.78 is 6.91. The Morgan fingerprint density at radius 2 is 2.35 bits per heavy atom. The van der Waals surface area contributed by atoms with Gasteiger partial charge in [0.25, 0.3) is 0 Å². The number of hydrogen-bond donors (Lipinski definition) is 2. The molecule has 1 fully saturated rings. The SMILES string of the molecule is CC(Sc1n[nH]c(=O)n1C1CC1)c1ccc(C(=O)O)o1. The fourth-order valence-corrected chi connectivity index (χ4v) is 2.93. The minimum Gasteiger partial charge on any atom is -0.475 e. The first-order valence-electron chi connectivity index (χ1n) is 6.23. The van der Waals surface area contributed by atoms with E-state index >= 15 is 0 Å². The second-order valence-corrected chi connectivity index (χ2v) is 5.99. The first kappa shape index (κ1) is 13.0. The molecule has 8 heteroatoms. The van der Waals surface area contributed by atoms with Crippen LogP contribution >= 0.6 is 11.8 Å². The molecule has 2 aromatic rings. The Labute approximate surface area is 118 Å². The largest absolute Gasteiger partial charge is 0.475 e. The van der Waals surface area contributed by atoms with Gasteiger partial charge in [-0.1, -0.05) is 11.8 Å². The van der Waals surface area contributed by atoms with Gasteiger partial charge in [0.05, 0.1) is 5.25 Å². The monoisotopic (exact) mass is 295 g/mol. The van der Waals surface area contributed by atoms with E-state index in [1.807, 2.05) is 6.92 Å². The number of aromatic amines is 1. The lowest BCUT2D eigenvalue weighted by Gasteiger charge is -2.08. The summed E-state index contributed by atoms with van der Waals surface area (Å²) in [5.74, 6) is -0.637. The van der Waals surface area contributed by atoms with Gasteiger partial charge in [-0.3, -0.25) is 4.57 Å². The van der Waals surface area contributed by atoms with Crippen LogP contribution in [0.25, 0.3) is 0 Å². The summed E-state index contributed by atoms with van der Waals surface area (Å²) in [5, 5.41) is 15.8. The number of aromatic nitrogens is 3. The molecular weight excluding hydrogens is 282 g/mol. The minimum atomic E-state index is -1.09. The van der Waals surface area contributed by atoms with Crippen LogP contribution in [0.5, 0.6) is 0 Å². The van der Waals surface area contributed by atoms with Crippen molar-refractivity contribution in [1.82, 2.24) is 14.8 Å². The van der Waals surface area contributed by atoms with Crippen LogP contribution in [0.4, 0.5) is 0 Å². The molecule has 0 amide bonds. The molecule has 3 rings (SSSR count). The number of aromatic carboxylic acids is 1. The van der Waals surface area contributed by atoms with Gasteiger partial charge in [-0.25, -0.2) is 14.7 Å². The molecule has 0 aromatic carbocycles. The van der Waals surface area contributed by atoms with Crippen LogP contribution in [-0.2, 0) is 0 Å². The van der Waals surface area contributed by atoms with E-state index in [0.29, 0.717) is 10.9 Å². The first-order chi connectivity index (χ1) is 9.56. The van der Waals surface area contributed by atoms with Crippen molar-refractivity contribution in [2.75, 3.05) is 0 Å². The number of rotatable bonds is 5. The normalized spacial score (nSPS) is 16.2. The van der Waals surface area contributed by atoms with Gasteiger partial charge in [-0.2, -0.15) is 0 Å².